The summed E-state index contributed by atoms with van der Waals surface area (Å²) >= 11 is 5.94. The predicted molar refractivity (Wildman–Crippen MR) is 94.2 cm³/mol. The second-order valence-electron chi connectivity index (χ2n) is 6.50. The Morgan fingerprint density at radius 2 is 1.83 bits per heavy atom. The van der Waals surface area contributed by atoms with Crippen molar-refractivity contribution in [2.75, 3.05) is 4.90 Å². The van der Waals surface area contributed by atoms with Gasteiger partial charge in [0.25, 0.3) is 5.91 Å². The molecule has 126 valence electrons. The second kappa shape index (κ2) is 6.44. The van der Waals surface area contributed by atoms with Crippen LogP contribution in [-0.2, 0) is 9.59 Å². The Labute approximate surface area is 146 Å². The molecule has 1 unspecified atom stereocenters. The number of benzene rings is 1. The van der Waals surface area contributed by atoms with Crippen LogP contribution in [0.5, 0.6) is 0 Å². The van der Waals surface area contributed by atoms with Crippen molar-refractivity contribution in [3.63, 3.8) is 0 Å². The largest absolute Gasteiger partial charge is 0.503 e. The normalized spacial score (nSPS) is 22.4. The van der Waals surface area contributed by atoms with Crippen molar-refractivity contribution in [1.29, 1.82) is 0 Å². The van der Waals surface area contributed by atoms with Crippen molar-refractivity contribution >= 4 is 29.0 Å². The van der Waals surface area contributed by atoms with Gasteiger partial charge in [-0.1, -0.05) is 23.8 Å². The van der Waals surface area contributed by atoms with Gasteiger partial charge >= 0.3 is 0 Å². The molecule has 1 N–H and O–H groups in total. The number of aliphatic hydroxyl groups is 1. The van der Waals surface area contributed by atoms with E-state index in [1.54, 1.807) is 29.2 Å². The molecule has 1 fully saturated rings. The quantitative estimate of drug-likeness (QED) is 0.835. The topological polar surface area (TPSA) is 57.6 Å². The monoisotopic (exact) mass is 345 g/mol. The van der Waals surface area contributed by atoms with Gasteiger partial charge in [-0.25, -0.2) is 0 Å². The lowest BCUT2D eigenvalue weighted by Crippen LogP contribution is -2.42. The third-order valence-electron chi connectivity index (χ3n) is 4.92. The number of halogens is 1. The Kier molecular flexibility index (Phi) is 4.50. The van der Waals surface area contributed by atoms with Gasteiger partial charge in [0.05, 0.1) is 11.6 Å². The molecule has 24 heavy (non-hydrogen) atoms. The number of hydrogen-bond acceptors (Lipinski definition) is 3. The lowest BCUT2D eigenvalue weighted by atomic mass is 9.78. The van der Waals surface area contributed by atoms with Crippen LogP contribution < -0.4 is 4.90 Å². The van der Waals surface area contributed by atoms with Crippen molar-refractivity contribution < 1.29 is 14.7 Å². The number of rotatable bonds is 3. The minimum absolute atomic E-state index is 0.124. The van der Waals surface area contributed by atoms with Gasteiger partial charge in [-0.05, 0) is 62.8 Å². The maximum Gasteiger partial charge on any atom is 0.294 e. The number of carbonyl (C=O) groups excluding carboxylic acids is 2. The molecule has 4 nitrogen and oxygen atoms in total. The minimum Gasteiger partial charge on any atom is -0.503 e. The Bertz CT molecular complexity index is 725. The van der Waals surface area contributed by atoms with Crippen LogP contribution in [0, 0.1) is 5.92 Å². The number of hydrogen-bond donors (Lipinski definition) is 1. The van der Waals surface area contributed by atoms with Crippen molar-refractivity contribution in [2.24, 2.45) is 5.92 Å². The number of Topliss-reactive ketones (excluding diaryl/α,β-unsaturated/α-hetero) is 1. The van der Waals surface area contributed by atoms with E-state index < -0.39 is 17.7 Å². The van der Waals surface area contributed by atoms with Crippen molar-refractivity contribution in [2.45, 2.75) is 38.6 Å². The number of carbonyl (C=O) groups is 2. The fourth-order valence-electron chi connectivity index (χ4n) is 3.69. The van der Waals surface area contributed by atoms with E-state index in [0.717, 1.165) is 25.7 Å². The molecular weight excluding hydrogens is 326 g/mol. The van der Waals surface area contributed by atoms with E-state index in [1.165, 1.54) is 12.5 Å². The first-order valence-electron chi connectivity index (χ1n) is 8.10. The maximum absolute atomic E-state index is 12.6. The van der Waals surface area contributed by atoms with Crippen molar-refractivity contribution in [1.82, 2.24) is 0 Å². The molecule has 3 rings (SSSR count). The van der Waals surface area contributed by atoms with Crippen LogP contribution in [0.1, 0.15) is 32.6 Å². The van der Waals surface area contributed by atoms with E-state index in [-0.39, 0.29) is 17.3 Å². The van der Waals surface area contributed by atoms with Gasteiger partial charge in [-0.2, -0.15) is 0 Å². The summed E-state index contributed by atoms with van der Waals surface area (Å²) in [5.74, 6) is -1.07. The van der Waals surface area contributed by atoms with Crippen LogP contribution in [0.15, 0.2) is 47.7 Å². The molecule has 1 saturated carbocycles. The maximum atomic E-state index is 12.6. The van der Waals surface area contributed by atoms with Gasteiger partial charge < -0.3 is 5.11 Å². The summed E-state index contributed by atoms with van der Waals surface area (Å²) in [7, 11) is 0. The first-order chi connectivity index (χ1) is 11.4. The summed E-state index contributed by atoms with van der Waals surface area (Å²) in [4.78, 5) is 26.3. The highest BCUT2D eigenvalue weighted by atomic mass is 35.5. The van der Waals surface area contributed by atoms with Crippen LogP contribution in [0.25, 0.3) is 0 Å². The van der Waals surface area contributed by atoms with Crippen LogP contribution in [0.3, 0.4) is 0 Å². The molecular formula is C19H20ClNO3. The van der Waals surface area contributed by atoms with Crippen LogP contribution >= 0.6 is 11.6 Å². The predicted octanol–water partition coefficient (Wildman–Crippen LogP) is 4.20. The van der Waals surface area contributed by atoms with Gasteiger partial charge in [-0.15, -0.1) is 0 Å². The number of anilines is 1. The smallest absolute Gasteiger partial charge is 0.294 e. The first-order valence-corrected chi connectivity index (χ1v) is 8.47. The summed E-state index contributed by atoms with van der Waals surface area (Å²) in [6.07, 6.45) is 3.47. The van der Waals surface area contributed by atoms with Gasteiger partial charge in [0.1, 0.15) is 0 Å². The number of nitrogens with zero attached hydrogens (tertiary/aromatic N) is 1. The molecule has 1 atom stereocenters. The molecule has 1 aromatic carbocycles. The van der Waals surface area contributed by atoms with Crippen LogP contribution in [0.2, 0.25) is 5.02 Å². The van der Waals surface area contributed by atoms with Crippen molar-refractivity contribution in [3.8, 4) is 0 Å². The zero-order valence-electron chi connectivity index (χ0n) is 13.6. The fraction of sp³-hybridized carbons (Fsp3) is 0.368. The molecule has 0 bridgehead atoms. The van der Waals surface area contributed by atoms with E-state index >= 15 is 0 Å². The summed E-state index contributed by atoms with van der Waals surface area (Å²) in [5.41, 5.74) is 2.07. The third kappa shape index (κ3) is 2.86. The molecule has 5 heteroatoms. The third-order valence-corrected chi connectivity index (χ3v) is 5.17. The number of amides is 1. The highest BCUT2D eigenvalue weighted by Crippen LogP contribution is 2.41. The Morgan fingerprint density at radius 1 is 1.25 bits per heavy atom. The molecule has 1 amide bonds. The standard InChI is InChI=1S/C19H20ClNO3/c1-11-3-5-13(6-4-11)17-16(12(2)22)18(23)19(24)21(17)15-9-7-14(20)8-10-15/h7-10,13,17,23H,1,3-6H2,2H3. The van der Waals surface area contributed by atoms with Crippen molar-refractivity contribution in [3.05, 3.63) is 52.8 Å². The average Bonchev–Trinajstić information content (AvgIpc) is 2.81. The van der Waals surface area contributed by atoms with Gasteiger partial charge in [0, 0.05) is 10.7 Å². The van der Waals surface area contributed by atoms with E-state index in [2.05, 4.69) is 6.58 Å². The fourth-order valence-corrected chi connectivity index (χ4v) is 3.82. The molecule has 2 aliphatic rings. The molecule has 0 saturated heterocycles. The Balaban J connectivity index is 2.03. The summed E-state index contributed by atoms with van der Waals surface area (Å²) in [5, 5.41) is 10.9. The molecule has 1 heterocycles. The van der Waals surface area contributed by atoms with Crippen LogP contribution in [0.4, 0.5) is 5.69 Å². The van der Waals surface area contributed by atoms with E-state index in [1.807, 2.05) is 0 Å². The van der Waals surface area contributed by atoms with Gasteiger partial charge in [0.2, 0.25) is 0 Å². The van der Waals surface area contributed by atoms with E-state index in [0.29, 0.717) is 10.7 Å². The highest BCUT2D eigenvalue weighted by Gasteiger charge is 2.46. The summed E-state index contributed by atoms with van der Waals surface area (Å²) < 4.78 is 0. The molecule has 1 aliphatic carbocycles. The highest BCUT2D eigenvalue weighted by molar-refractivity contribution is 6.30. The molecule has 0 aromatic heterocycles. The SMILES string of the molecule is C=C1CCC(C2C(C(C)=O)=C(O)C(=O)N2c2ccc(Cl)cc2)CC1. The zero-order valence-corrected chi connectivity index (χ0v) is 14.3. The average molecular weight is 346 g/mol. The molecule has 0 spiro atoms. The number of ketones is 1. The van der Waals surface area contributed by atoms with Gasteiger partial charge in [-0.3, -0.25) is 14.5 Å². The second-order valence-corrected chi connectivity index (χ2v) is 6.94. The number of allylic oxidation sites excluding steroid dienone is 1. The minimum atomic E-state index is -0.517. The lowest BCUT2D eigenvalue weighted by Gasteiger charge is -2.35. The van der Waals surface area contributed by atoms with E-state index in [4.69, 9.17) is 11.6 Å². The summed E-state index contributed by atoms with van der Waals surface area (Å²) in [6, 6.07) is 6.46. The Morgan fingerprint density at radius 3 is 2.38 bits per heavy atom. The Hall–Kier alpha value is -2.07. The first kappa shape index (κ1) is 16.8. The van der Waals surface area contributed by atoms with E-state index in [9.17, 15) is 14.7 Å². The molecule has 1 aromatic rings. The summed E-state index contributed by atoms with van der Waals surface area (Å²) in [6.45, 7) is 5.42. The zero-order chi connectivity index (χ0) is 17.4. The molecule has 1 aliphatic heterocycles. The van der Waals surface area contributed by atoms with Crippen LogP contribution in [-0.4, -0.2) is 22.8 Å². The lowest BCUT2D eigenvalue weighted by molar-refractivity contribution is -0.117. The molecule has 0 radical (unpaired) electrons. The van der Waals surface area contributed by atoms with Gasteiger partial charge in [0.15, 0.2) is 11.5 Å². The number of aliphatic hydroxyl groups excluding tert-OH is 1.